The molecule has 0 aromatic heterocycles. The van der Waals surface area contributed by atoms with Crippen LogP contribution in [0, 0.1) is 21.7 Å². The number of hydrogen-bond acceptors (Lipinski definition) is 4. The third kappa shape index (κ3) is 2.46. The fourth-order valence-electron chi connectivity index (χ4n) is 2.02. The van der Waals surface area contributed by atoms with E-state index in [-0.39, 0.29) is 18.6 Å². The normalized spacial score (nSPS) is 28.1. The van der Waals surface area contributed by atoms with E-state index in [2.05, 4.69) is 0 Å². The lowest BCUT2D eigenvalue weighted by atomic mass is 9.95. The van der Waals surface area contributed by atoms with Crippen LogP contribution in [0.15, 0.2) is 18.2 Å². The maximum Gasteiger partial charge on any atom is 0.245 e. The summed E-state index contributed by atoms with van der Waals surface area (Å²) < 4.78 is 31.7. The molecule has 1 aromatic rings. The Kier molecular flexibility index (Phi) is 3.53. The number of hydrogen-bond donors (Lipinski definition) is 1. The molecule has 1 aliphatic rings. The fraction of sp³-hybridized carbons (Fsp3) is 0.455. The van der Waals surface area contributed by atoms with E-state index in [0.717, 1.165) is 18.2 Å². The van der Waals surface area contributed by atoms with Gasteiger partial charge in [0.25, 0.3) is 0 Å². The van der Waals surface area contributed by atoms with E-state index >= 15 is 0 Å². The number of ether oxygens (including phenoxy) is 1. The summed E-state index contributed by atoms with van der Waals surface area (Å²) in [5, 5.41) is 20.2. The Bertz CT molecular complexity index is 468. The van der Waals surface area contributed by atoms with Crippen LogP contribution in [-0.2, 0) is 4.74 Å². The van der Waals surface area contributed by atoms with Gasteiger partial charge in [0.15, 0.2) is 6.10 Å². The molecule has 1 fully saturated rings. The Morgan fingerprint density at radius 3 is 2.83 bits per heavy atom. The van der Waals surface area contributed by atoms with Crippen molar-refractivity contribution in [2.75, 3.05) is 6.61 Å². The van der Waals surface area contributed by atoms with Gasteiger partial charge in [0.1, 0.15) is 11.6 Å². The Labute approximate surface area is 101 Å². The molecule has 0 saturated carbocycles. The van der Waals surface area contributed by atoms with Gasteiger partial charge in [0.05, 0.1) is 12.7 Å². The highest BCUT2D eigenvalue weighted by Gasteiger charge is 2.41. The van der Waals surface area contributed by atoms with Crippen molar-refractivity contribution in [3.8, 4) is 0 Å². The monoisotopic (exact) mass is 259 g/mol. The molecular formula is C11H11F2NO4. The van der Waals surface area contributed by atoms with Gasteiger partial charge in [-0.2, -0.15) is 0 Å². The molecule has 0 aliphatic carbocycles. The second-order valence-corrected chi connectivity index (χ2v) is 4.16. The van der Waals surface area contributed by atoms with Crippen molar-refractivity contribution in [2.45, 2.75) is 24.7 Å². The lowest BCUT2D eigenvalue weighted by molar-refractivity contribution is -0.545. The summed E-state index contributed by atoms with van der Waals surface area (Å²) in [6, 6.07) is 1.42. The Hall–Kier alpha value is -1.60. The zero-order valence-electron chi connectivity index (χ0n) is 9.25. The smallest absolute Gasteiger partial charge is 0.245 e. The molecule has 3 atom stereocenters. The summed E-state index contributed by atoms with van der Waals surface area (Å²) in [5.41, 5.74) is -0.191. The van der Waals surface area contributed by atoms with Crippen LogP contribution in [-0.4, -0.2) is 28.8 Å². The number of halogens is 2. The van der Waals surface area contributed by atoms with Crippen LogP contribution in [0.5, 0.6) is 0 Å². The average Bonchev–Trinajstić information content (AvgIpc) is 2.32. The second-order valence-electron chi connectivity index (χ2n) is 4.16. The van der Waals surface area contributed by atoms with Gasteiger partial charge in [-0.05, 0) is 18.2 Å². The molecular weight excluding hydrogens is 248 g/mol. The predicted octanol–water partition coefficient (Wildman–Crippen LogP) is 1.43. The topological polar surface area (TPSA) is 72.6 Å². The Morgan fingerprint density at radius 1 is 1.44 bits per heavy atom. The largest absolute Gasteiger partial charge is 0.390 e. The number of benzene rings is 1. The van der Waals surface area contributed by atoms with Gasteiger partial charge in [-0.1, -0.05) is 0 Å². The van der Waals surface area contributed by atoms with Crippen molar-refractivity contribution in [2.24, 2.45) is 0 Å². The van der Waals surface area contributed by atoms with Gasteiger partial charge < -0.3 is 9.84 Å². The molecule has 1 N–H and O–H groups in total. The van der Waals surface area contributed by atoms with Crippen molar-refractivity contribution in [3.05, 3.63) is 45.5 Å². The van der Waals surface area contributed by atoms with Gasteiger partial charge in [-0.15, -0.1) is 0 Å². The van der Waals surface area contributed by atoms with Crippen molar-refractivity contribution in [1.29, 1.82) is 0 Å². The minimum atomic E-state index is -1.29. The molecule has 1 aliphatic heterocycles. The molecule has 1 heterocycles. The molecule has 1 saturated heterocycles. The number of rotatable bonds is 2. The van der Waals surface area contributed by atoms with E-state index < -0.39 is 34.8 Å². The first-order valence-corrected chi connectivity index (χ1v) is 5.37. The van der Waals surface area contributed by atoms with Gasteiger partial charge in [0, 0.05) is 16.9 Å². The second kappa shape index (κ2) is 4.95. The summed E-state index contributed by atoms with van der Waals surface area (Å²) in [6.45, 7) is -0.134. The first-order chi connectivity index (χ1) is 8.49. The van der Waals surface area contributed by atoms with Crippen LogP contribution in [0.3, 0.4) is 0 Å². The lowest BCUT2D eigenvalue weighted by Crippen LogP contribution is -2.40. The molecule has 98 valence electrons. The number of nitrogens with zero attached hydrogens (tertiary/aromatic N) is 1. The summed E-state index contributed by atoms with van der Waals surface area (Å²) in [6.07, 6.45) is -2.29. The van der Waals surface area contributed by atoms with Crippen molar-refractivity contribution < 1.29 is 23.5 Å². The van der Waals surface area contributed by atoms with Crippen LogP contribution in [0.4, 0.5) is 8.78 Å². The molecule has 0 radical (unpaired) electrons. The van der Waals surface area contributed by atoms with Crippen molar-refractivity contribution in [3.63, 3.8) is 0 Å². The molecule has 1 aromatic carbocycles. The van der Waals surface area contributed by atoms with E-state index in [9.17, 15) is 24.0 Å². The zero-order chi connectivity index (χ0) is 13.3. The summed E-state index contributed by atoms with van der Waals surface area (Å²) >= 11 is 0. The fourth-order valence-corrected chi connectivity index (χ4v) is 2.02. The lowest BCUT2D eigenvalue weighted by Gasteiger charge is -2.29. The molecule has 0 amide bonds. The SMILES string of the molecule is O=[N+]([O-])[C@H]1CC(O)COC1c1cc(F)ccc1F. The molecule has 7 heteroatoms. The molecule has 2 unspecified atom stereocenters. The van der Waals surface area contributed by atoms with E-state index in [1.54, 1.807) is 0 Å². The van der Waals surface area contributed by atoms with Gasteiger partial charge in [-0.25, -0.2) is 8.78 Å². The van der Waals surface area contributed by atoms with Gasteiger partial charge in [0.2, 0.25) is 6.04 Å². The number of aliphatic hydroxyl groups is 1. The maximum atomic E-state index is 13.6. The Balaban J connectivity index is 2.35. The predicted molar refractivity (Wildman–Crippen MR) is 56.5 cm³/mol. The number of aliphatic hydroxyl groups excluding tert-OH is 1. The highest BCUT2D eigenvalue weighted by atomic mass is 19.1. The standard InChI is InChI=1S/C11H11F2NO4/c12-6-1-2-9(13)8(3-6)11-10(14(16)17)4-7(15)5-18-11/h1-3,7,10-11,15H,4-5H2/t7?,10-,11?/m0/s1. The minimum absolute atomic E-state index is 0.134. The van der Waals surface area contributed by atoms with E-state index in [0.29, 0.717) is 0 Å². The van der Waals surface area contributed by atoms with Crippen LogP contribution < -0.4 is 0 Å². The third-order valence-electron chi connectivity index (χ3n) is 2.87. The third-order valence-corrected chi connectivity index (χ3v) is 2.87. The van der Waals surface area contributed by atoms with E-state index in [1.165, 1.54) is 0 Å². The Morgan fingerprint density at radius 2 is 2.17 bits per heavy atom. The van der Waals surface area contributed by atoms with Crippen LogP contribution in [0.25, 0.3) is 0 Å². The molecule has 2 rings (SSSR count). The molecule has 5 nitrogen and oxygen atoms in total. The quantitative estimate of drug-likeness (QED) is 0.644. The summed E-state index contributed by atoms with van der Waals surface area (Å²) in [7, 11) is 0. The first-order valence-electron chi connectivity index (χ1n) is 5.37. The van der Waals surface area contributed by atoms with E-state index in [4.69, 9.17) is 4.74 Å². The highest BCUT2D eigenvalue weighted by Crippen LogP contribution is 2.32. The summed E-state index contributed by atoms with van der Waals surface area (Å²) in [4.78, 5) is 10.2. The van der Waals surface area contributed by atoms with Crippen LogP contribution in [0.2, 0.25) is 0 Å². The van der Waals surface area contributed by atoms with Gasteiger partial charge in [-0.3, -0.25) is 10.1 Å². The first kappa shape index (κ1) is 12.8. The van der Waals surface area contributed by atoms with Crippen molar-refractivity contribution in [1.82, 2.24) is 0 Å². The summed E-state index contributed by atoms with van der Waals surface area (Å²) in [5.74, 6) is -1.45. The van der Waals surface area contributed by atoms with E-state index in [1.807, 2.05) is 0 Å². The number of nitro groups is 1. The maximum absolute atomic E-state index is 13.6. The zero-order valence-corrected chi connectivity index (χ0v) is 9.25. The minimum Gasteiger partial charge on any atom is -0.390 e. The van der Waals surface area contributed by atoms with Crippen LogP contribution in [0.1, 0.15) is 18.1 Å². The van der Waals surface area contributed by atoms with Gasteiger partial charge >= 0.3 is 0 Å². The van der Waals surface area contributed by atoms with Crippen LogP contribution >= 0.6 is 0 Å². The van der Waals surface area contributed by atoms with Crippen molar-refractivity contribution >= 4 is 0 Å². The highest BCUT2D eigenvalue weighted by molar-refractivity contribution is 5.22. The average molecular weight is 259 g/mol. The molecule has 18 heavy (non-hydrogen) atoms. The molecule has 0 spiro atoms. The molecule has 0 bridgehead atoms.